The SMILES string of the molecule is COc1ccc(OC)c(N(CC(=O)N/N=C\c2cc(C)n(-c3ccc(F)cc3)c2C)S(=O)(=O)c2ccccc2)c1. The lowest BCUT2D eigenvalue weighted by atomic mass is 10.2. The molecule has 0 atom stereocenters. The summed E-state index contributed by atoms with van der Waals surface area (Å²) >= 11 is 0. The number of halogens is 1. The Hall–Kier alpha value is -4.64. The number of rotatable bonds is 10. The van der Waals surface area contributed by atoms with Gasteiger partial charge in [0, 0.05) is 28.7 Å². The number of carbonyl (C=O) groups is 1. The van der Waals surface area contributed by atoms with E-state index in [9.17, 15) is 17.6 Å². The van der Waals surface area contributed by atoms with Crippen LogP contribution in [0.5, 0.6) is 11.5 Å². The predicted octanol–water partition coefficient (Wildman–Crippen LogP) is 4.60. The third-order valence-electron chi connectivity index (χ3n) is 6.22. The van der Waals surface area contributed by atoms with Crippen molar-refractivity contribution in [3.63, 3.8) is 0 Å². The first-order chi connectivity index (χ1) is 19.1. The minimum atomic E-state index is -4.17. The number of aromatic nitrogens is 1. The average molecular weight is 565 g/mol. The van der Waals surface area contributed by atoms with Crippen LogP contribution >= 0.6 is 0 Å². The highest BCUT2D eigenvalue weighted by atomic mass is 32.2. The summed E-state index contributed by atoms with van der Waals surface area (Å²) in [7, 11) is -1.31. The van der Waals surface area contributed by atoms with Gasteiger partial charge in [0.05, 0.1) is 31.0 Å². The third-order valence-corrected chi connectivity index (χ3v) is 8.00. The van der Waals surface area contributed by atoms with Crippen LogP contribution in [0, 0.1) is 19.7 Å². The zero-order valence-electron chi connectivity index (χ0n) is 22.5. The van der Waals surface area contributed by atoms with Gasteiger partial charge in [0.15, 0.2) is 0 Å². The third kappa shape index (κ3) is 5.99. The molecule has 40 heavy (non-hydrogen) atoms. The molecule has 0 bridgehead atoms. The van der Waals surface area contributed by atoms with E-state index in [0.717, 1.165) is 26.9 Å². The van der Waals surface area contributed by atoms with E-state index < -0.39 is 22.5 Å². The summed E-state index contributed by atoms with van der Waals surface area (Å²) in [5.74, 6) is -0.373. The Morgan fingerprint density at radius 3 is 2.35 bits per heavy atom. The van der Waals surface area contributed by atoms with Gasteiger partial charge >= 0.3 is 0 Å². The maximum absolute atomic E-state index is 13.7. The number of hydrogen-bond donors (Lipinski definition) is 1. The maximum atomic E-state index is 13.7. The number of anilines is 1. The quantitative estimate of drug-likeness (QED) is 0.224. The van der Waals surface area contributed by atoms with Gasteiger partial charge in [-0.15, -0.1) is 0 Å². The first-order valence-corrected chi connectivity index (χ1v) is 13.7. The van der Waals surface area contributed by atoms with Crippen molar-refractivity contribution in [2.75, 3.05) is 25.1 Å². The zero-order chi connectivity index (χ0) is 28.9. The van der Waals surface area contributed by atoms with Gasteiger partial charge in [0.1, 0.15) is 23.9 Å². The molecule has 9 nitrogen and oxygen atoms in total. The first kappa shape index (κ1) is 28.4. The predicted molar refractivity (Wildman–Crippen MR) is 151 cm³/mol. The number of hydrazone groups is 1. The molecule has 3 aromatic carbocycles. The van der Waals surface area contributed by atoms with Gasteiger partial charge < -0.3 is 14.0 Å². The lowest BCUT2D eigenvalue weighted by Crippen LogP contribution is -2.39. The van der Waals surface area contributed by atoms with Crippen molar-refractivity contribution < 1.29 is 27.1 Å². The fourth-order valence-corrected chi connectivity index (χ4v) is 5.70. The molecule has 1 amide bonds. The van der Waals surface area contributed by atoms with E-state index in [1.165, 1.54) is 50.8 Å². The van der Waals surface area contributed by atoms with Crippen molar-refractivity contribution in [2.24, 2.45) is 5.10 Å². The van der Waals surface area contributed by atoms with Crippen LogP contribution in [0.4, 0.5) is 10.1 Å². The highest BCUT2D eigenvalue weighted by molar-refractivity contribution is 7.92. The van der Waals surface area contributed by atoms with E-state index in [-0.39, 0.29) is 22.1 Å². The lowest BCUT2D eigenvalue weighted by molar-refractivity contribution is -0.119. The number of aryl methyl sites for hydroxylation is 1. The molecule has 0 unspecified atom stereocenters. The standard InChI is InChI=1S/C29H29FN4O5S/c1-20-16-22(21(2)34(20)24-12-10-23(30)11-13-24)18-31-32-29(35)19-33(40(36,37)26-8-6-5-7-9-26)27-17-25(38-3)14-15-28(27)39-4/h5-18H,19H2,1-4H3,(H,32,35)/b31-18-. The van der Waals surface area contributed by atoms with Crippen molar-refractivity contribution in [1.29, 1.82) is 0 Å². The molecular weight excluding hydrogens is 535 g/mol. The fourth-order valence-electron chi connectivity index (χ4n) is 4.26. The van der Waals surface area contributed by atoms with Gasteiger partial charge in [-0.25, -0.2) is 18.2 Å². The van der Waals surface area contributed by atoms with Crippen molar-refractivity contribution in [1.82, 2.24) is 9.99 Å². The summed E-state index contributed by atoms with van der Waals surface area (Å²) in [6, 6.07) is 20.5. The number of ether oxygens (including phenoxy) is 2. The summed E-state index contributed by atoms with van der Waals surface area (Å²) in [5, 5.41) is 4.07. The molecule has 208 valence electrons. The molecule has 4 aromatic rings. The second-order valence-corrected chi connectivity index (χ2v) is 10.7. The van der Waals surface area contributed by atoms with Crippen LogP contribution in [0.15, 0.2) is 88.9 Å². The fraction of sp³-hybridized carbons (Fsp3) is 0.172. The molecule has 1 heterocycles. The van der Waals surface area contributed by atoms with Gasteiger partial charge in [-0.05, 0) is 68.4 Å². The molecule has 1 N–H and O–H groups in total. The highest BCUT2D eigenvalue weighted by Crippen LogP contribution is 2.35. The molecule has 1 aromatic heterocycles. The number of carbonyl (C=O) groups excluding carboxylic acids is 1. The Labute approximate surface area is 232 Å². The summed E-state index contributed by atoms with van der Waals surface area (Å²) in [6.45, 7) is 3.20. The van der Waals surface area contributed by atoms with E-state index in [2.05, 4.69) is 10.5 Å². The van der Waals surface area contributed by atoms with Crippen LogP contribution < -0.4 is 19.2 Å². The number of benzene rings is 3. The smallest absolute Gasteiger partial charge is 0.264 e. The molecule has 0 saturated carbocycles. The van der Waals surface area contributed by atoms with Crippen molar-refractivity contribution in [3.05, 3.63) is 102 Å². The molecule has 0 saturated heterocycles. The molecule has 0 fully saturated rings. The average Bonchev–Trinajstić information content (AvgIpc) is 3.24. The monoisotopic (exact) mass is 564 g/mol. The van der Waals surface area contributed by atoms with Gasteiger partial charge in [-0.1, -0.05) is 18.2 Å². The van der Waals surface area contributed by atoms with Gasteiger partial charge in [0.25, 0.3) is 15.9 Å². The summed E-state index contributed by atoms with van der Waals surface area (Å²) in [6.07, 6.45) is 1.47. The Kier molecular flexibility index (Phi) is 8.54. The molecule has 0 aliphatic rings. The van der Waals surface area contributed by atoms with Crippen LogP contribution in [-0.2, 0) is 14.8 Å². The molecule has 0 spiro atoms. The van der Waals surface area contributed by atoms with Gasteiger partial charge in [-0.3, -0.25) is 9.10 Å². The van der Waals surface area contributed by atoms with Crippen molar-refractivity contribution in [2.45, 2.75) is 18.7 Å². The van der Waals surface area contributed by atoms with Gasteiger partial charge in [0.2, 0.25) is 0 Å². The van der Waals surface area contributed by atoms with E-state index in [1.54, 1.807) is 42.5 Å². The minimum Gasteiger partial charge on any atom is -0.497 e. The second kappa shape index (κ2) is 12.0. The Morgan fingerprint density at radius 1 is 1.00 bits per heavy atom. The highest BCUT2D eigenvalue weighted by Gasteiger charge is 2.30. The molecule has 0 aliphatic heterocycles. The second-order valence-electron chi connectivity index (χ2n) is 8.79. The number of sulfonamides is 1. The zero-order valence-corrected chi connectivity index (χ0v) is 23.3. The number of amides is 1. The molecule has 0 radical (unpaired) electrons. The van der Waals surface area contributed by atoms with Crippen LogP contribution in [-0.4, -0.2) is 45.9 Å². The number of hydrogen-bond acceptors (Lipinski definition) is 6. The van der Waals surface area contributed by atoms with E-state index in [4.69, 9.17) is 9.47 Å². The Balaban J connectivity index is 1.60. The largest absolute Gasteiger partial charge is 0.497 e. The molecule has 4 rings (SSSR count). The van der Waals surface area contributed by atoms with Crippen LogP contribution in [0.25, 0.3) is 5.69 Å². The Morgan fingerprint density at radius 2 is 1.70 bits per heavy atom. The molecule has 0 aliphatic carbocycles. The number of nitrogens with one attached hydrogen (secondary N) is 1. The van der Waals surface area contributed by atoms with Crippen LogP contribution in [0.3, 0.4) is 0 Å². The normalized spacial score (nSPS) is 11.4. The Bertz CT molecular complexity index is 1640. The number of methoxy groups -OCH3 is 2. The summed E-state index contributed by atoms with van der Waals surface area (Å²) in [4.78, 5) is 13.0. The van der Waals surface area contributed by atoms with Crippen molar-refractivity contribution in [3.8, 4) is 17.2 Å². The topological polar surface area (TPSA) is 102 Å². The lowest BCUT2D eigenvalue weighted by Gasteiger charge is -2.25. The maximum Gasteiger partial charge on any atom is 0.264 e. The van der Waals surface area contributed by atoms with Crippen LogP contribution in [0.2, 0.25) is 0 Å². The van der Waals surface area contributed by atoms with Gasteiger partial charge in [-0.2, -0.15) is 5.10 Å². The van der Waals surface area contributed by atoms with E-state index in [0.29, 0.717) is 5.75 Å². The number of nitrogens with zero attached hydrogens (tertiary/aromatic N) is 3. The summed E-state index contributed by atoms with van der Waals surface area (Å²) in [5.41, 5.74) is 5.78. The first-order valence-electron chi connectivity index (χ1n) is 12.2. The van der Waals surface area contributed by atoms with Crippen molar-refractivity contribution >= 4 is 27.8 Å². The minimum absolute atomic E-state index is 0.00408. The molecular formula is C29H29FN4O5S. The molecule has 11 heteroatoms. The van der Waals surface area contributed by atoms with Crippen LogP contribution in [0.1, 0.15) is 17.0 Å². The summed E-state index contributed by atoms with van der Waals surface area (Å²) < 4.78 is 54.3. The van der Waals surface area contributed by atoms with E-state index >= 15 is 0 Å². The van der Waals surface area contributed by atoms with E-state index in [1.807, 2.05) is 24.5 Å².